The minimum absolute atomic E-state index is 0.0138. The molecule has 0 saturated carbocycles. The summed E-state index contributed by atoms with van der Waals surface area (Å²) in [5, 5.41) is 9.20. The zero-order chi connectivity index (χ0) is 29.3. The van der Waals surface area contributed by atoms with Gasteiger partial charge in [0.05, 0.1) is 23.0 Å². The van der Waals surface area contributed by atoms with Crippen molar-refractivity contribution in [3.63, 3.8) is 0 Å². The van der Waals surface area contributed by atoms with E-state index in [2.05, 4.69) is 0 Å². The maximum atomic E-state index is 14.6. The van der Waals surface area contributed by atoms with E-state index in [0.717, 1.165) is 23.8 Å². The summed E-state index contributed by atoms with van der Waals surface area (Å²) in [6.45, 7) is 2.41. The van der Waals surface area contributed by atoms with Gasteiger partial charge in [-0.1, -0.05) is 18.2 Å². The van der Waals surface area contributed by atoms with Crippen molar-refractivity contribution in [2.45, 2.75) is 43.6 Å². The number of piperidine rings is 1. The second-order valence-electron chi connectivity index (χ2n) is 10.4. The van der Waals surface area contributed by atoms with Gasteiger partial charge in [0.1, 0.15) is 23.5 Å². The average molecular weight is 585 g/mol. The summed E-state index contributed by atoms with van der Waals surface area (Å²) >= 11 is 0. The zero-order valence-corrected chi connectivity index (χ0v) is 23.2. The summed E-state index contributed by atoms with van der Waals surface area (Å²) < 4.78 is 63.6. The number of carboxylic acid groups (broad SMARTS) is 1. The van der Waals surface area contributed by atoms with Gasteiger partial charge >= 0.3 is 5.97 Å². The predicted octanol–water partition coefficient (Wildman–Crippen LogP) is 5.00. The quantitative estimate of drug-likeness (QED) is 0.419. The molecule has 3 aromatic rings. The zero-order valence-electron chi connectivity index (χ0n) is 22.4. The molecule has 0 unspecified atom stereocenters. The number of carbonyl (C=O) groups is 2. The SMILES string of the molecule is Cc1cccc(S(=O)(=O)N2C[C@H](CCC(=O)N3CCC(C(=O)O)CC3)Oc3ccc(-c4cc(F)ccc4F)cc32)c1. The largest absolute Gasteiger partial charge is 0.486 e. The van der Waals surface area contributed by atoms with E-state index in [1.807, 2.05) is 0 Å². The molecule has 1 fully saturated rings. The summed E-state index contributed by atoms with van der Waals surface area (Å²) in [6, 6.07) is 14.1. The van der Waals surface area contributed by atoms with E-state index in [9.17, 15) is 31.9 Å². The van der Waals surface area contributed by atoms with Gasteiger partial charge in [0.2, 0.25) is 5.91 Å². The molecule has 3 aromatic carbocycles. The smallest absolute Gasteiger partial charge is 0.306 e. The molecule has 1 amide bonds. The van der Waals surface area contributed by atoms with Crippen LogP contribution in [0.4, 0.5) is 14.5 Å². The Balaban J connectivity index is 1.42. The molecule has 0 spiro atoms. The van der Waals surface area contributed by atoms with Crippen molar-refractivity contribution in [2.24, 2.45) is 5.92 Å². The molecule has 11 heteroatoms. The fourth-order valence-electron chi connectivity index (χ4n) is 5.30. The van der Waals surface area contributed by atoms with Crippen molar-refractivity contribution in [1.82, 2.24) is 4.90 Å². The van der Waals surface area contributed by atoms with Crippen molar-refractivity contribution < 1.29 is 36.6 Å². The van der Waals surface area contributed by atoms with Gasteiger partial charge in [0, 0.05) is 25.1 Å². The number of hydrogen-bond donors (Lipinski definition) is 1. The first kappa shape index (κ1) is 28.5. The third-order valence-corrected chi connectivity index (χ3v) is 9.36. The number of likely N-dealkylation sites (tertiary alicyclic amines) is 1. The number of benzene rings is 3. The number of aryl methyl sites for hydroxylation is 1. The van der Waals surface area contributed by atoms with E-state index >= 15 is 0 Å². The van der Waals surface area contributed by atoms with E-state index in [0.29, 0.717) is 25.9 Å². The first-order valence-electron chi connectivity index (χ1n) is 13.4. The molecule has 2 aliphatic heterocycles. The number of halogens is 2. The molecule has 0 radical (unpaired) electrons. The molecule has 2 heterocycles. The summed E-state index contributed by atoms with van der Waals surface area (Å²) in [6.07, 6.45) is 0.468. The molecule has 216 valence electrons. The summed E-state index contributed by atoms with van der Waals surface area (Å²) in [5.41, 5.74) is 1.21. The standard InChI is InChI=1S/C30H30F2N2O6S/c1-19-3-2-4-24(15-19)41(38,39)34-18-23(7-10-29(35)33-13-11-20(12-14-33)30(36)37)40-28-9-5-21(16-27(28)34)25-17-22(31)6-8-26(25)32/h2-6,8-9,15-17,20,23H,7,10-14,18H2,1H3,(H,36,37)/t23-/m0/s1. The van der Waals surface area contributed by atoms with Crippen LogP contribution in [0.1, 0.15) is 31.2 Å². The lowest BCUT2D eigenvalue weighted by Gasteiger charge is -2.36. The number of sulfonamides is 1. The van der Waals surface area contributed by atoms with E-state index in [4.69, 9.17) is 4.74 Å². The van der Waals surface area contributed by atoms with Crippen LogP contribution in [0.3, 0.4) is 0 Å². The van der Waals surface area contributed by atoms with E-state index < -0.39 is 39.6 Å². The molecule has 5 rings (SSSR count). The normalized spacial score (nSPS) is 17.6. The minimum Gasteiger partial charge on any atom is -0.486 e. The predicted molar refractivity (Wildman–Crippen MR) is 148 cm³/mol. The topological polar surface area (TPSA) is 104 Å². The molecule has 8 nitrogen and oxygen atoms in total. The molecule has 1 N–H and O–H groups in total. The van der Waals surface area contributed by atoms with Gasteiger partial charge in [-0.2, -0.15) is 0 Å². The van der Waals surface area contributed by atoms with Crippen LogP contribution >= 0.6 is 0 Å². The van der Waals surface area contributed by atoms with Crippen molar-refractivity contribution in [2.75, 3.05) is 23.9 Å². The van der Waals surface area contributed by atoms with Crippen LogP contribution in [0.25, 0.3) is 11.1 Å². The van der Waals surface area contributed by atoms with Gasteiger partial charge in [0.25, 0.3) is 10.0 Å². The second kappa shape index (κ2) is 11.5. The number of ether oxygens (including phenoxy) is 1. The first-order valence-corrected chi connectivity index (χ1v) is 14.8. The minimum atomic E-state index is -4.09. The van der Waals surface area contributed by atoms with Crippen LogP contribution in [-0.4, -0.2) is 56.0 Å². The molecule has 2 aliphatic rings. The number of fused-ring (bicyclic) bond motifs is 1. The maximum absolute atomic E-state index is 14.6. The van der Waals surface area contributed by atoms with Crippen LogP contribution in [0.2, 0.25) is 0 Å². The Morgan fingerprint density at radius 1 is 1.02 bits per heavy atom. The highest BCUT2D eigenvalue weighted by atomic mass is 32.2. The maximum Gasteiger partial charge on any atom is 0.306 e. The van der Waals surface area contributed by atoms with Gasteiger partial charge in [-0.25, -0.2) is 17.2 Å². The average Bonchev–Trinajstić information content (AvgIpc) is 2.96. The molecule has 1 saturated heterocycles. The first-order chi connectivity index (χ1) is 19.5. The number of rotatable bonds is 7. The number of anilines is 1. The molecule has 0 bridgehead atoms. The fraction of sp³-hybridized carbons (Fsp3) is 0.333. The van der Waals surface area contributed by atoms with Crippen molar-refractivity contribution >= 4 is 27.6 Å². The van der Waals surface area contributed by atoms with Crippen molar-refractivity contribution in [3.05, 3.63) is 77.9 Å². The fourth-order valence-corrected chi connectivity index (χ4v) is 6.90. The van der Waals surface area contributed by atoms with E-state index in [-0.39, 0.29) is 52.8 Å². The monoisotopic (exact) mass is 584 g/mol. The highest BCUT2D eigenvalue weighted by molar-refractivity contribution is 7.92. The Hall–Kier alpha value is -3.99. The van der Waals surface area contributed by atoms with Crippen LogP contribution in [0.5, 0.6) is 5.75 Å². The third-order valence-electron chi connectivity index (χ3n) is 7.58. The van der Waals surface area contributed by atoms with Crippen LogP contribution < -0.4 is 9.04 Å². The molecular formula is C30H30F2N2O6S. The lowest BCUT2D eigenvalue weighted by molar-refractivity contribution is -0.145. The molecular weight excluding hydrogens is 554 g/mol. The summed E-state index contributed by atoms with van der Waals surface area (Å²) in [5.74, 6) is -2.49. The van der Waals surface area contributed by atoms with Crippen molar-refractivity contribution in [1.29, 1.82) is 0 Å². The second-order valence-corrected chi connectivity index (χ2v) is 12.3. The lowest BCUT2D eigenvalue weighted by Crippen LogP contribution is -2.44. The molecule has 0 aromatic heterocycles. The molecule has 1 atom stereocenters. The number of hydrogen-bond acceptors (Lipinski definition) is 5. The number of nitrogens with zero attached hydrogens (tertiary/aromatic N) is 2. The van der Waals surface area contributed by atoms with Crippen LogP contribution in [-0.2, 0) is 19.6 Å². The van der Waals surface area contributed by atoms with Gasteiger partial charge in [-0.3, -0.25) is 13.9 Å². The Bertz CT molecular complexity index is 1590. The van der Waals surface area contributed by atoms with E-state index in [1.165, 1.54) is 28.6 Å². The number of carboxylic acids is 1. The third kappa shape index (κ3) is 6.04. The van der Waals surface area contributed by atoms with Crippen molar-refractivity contribution in [3.8, 4) is 16.9 Å². The number of aliphatic carboxylic acids is 1. The van der Waals surface area contributed by atoms with Gasteiger partial charge in [0.15, 0.2) is 0 Å². The number of amides is 1. The highest BCUT2D eigenvalue weighted by Gasteiger charge is 2.36. The Morgan fingerprint density at radius 3 is 2.49 bits per heavy atom. The Labute approximate surface area is 237 Å². The van der Waals surface area contributed by atoms with Gasteiger partial charge in [-0.15, -0.1) is 0 Å². The van der Waals surface area contributed by atoms with Crippen LogP contribution in [0.15, 0.2) is 65.6 Å². The van der Waals surface area contributed by atoms with Gasteiger partial charge < -0.3 is 14.7 Å². The number of carbonyl (C=O) groups excluding carboxylic acids is 1. The Morgan fingerprint density at radius 2 is 1.78 bits per heavy atom. The summed E-state index contributed by atoms with van der Waals surface area (Å²) in [7, 11) is -4.09. The lowest BCUT2D eigenvalue weighted by atomic mass is 9.97. The summed E-state index contributed by atoms with van der Waals surface area (Å²) in [4.78, 5) is 25.8. The highest BCUT2D eigenvalue weighted by Crippen LogP contribution is 2.41. The Kier molecular flexibility index (Phi) is 7.99. The molecule has 0 aliphatic carbocycles. The van der Waals surface area contributed by atoms with E-state index in [1.54, 1.807) is 30.0 Å². The van der Waals surface area contributed by atoms with Gasteiger partial charge in [-0.05, 0) is 79.8 Å². The molecule has 41 heavy (non-hydrogen) atoms. The van der Waals surface area contributed by atoms with Crippen LogP contribution in [0, 0.1) is 24.5 Å².